The van der Waals surface area contributed by atoms with E-state index >= 15 is 0 Å². The third-order valence-corrected chi connectivity index (χ3v) is 4.95. The van der Waals surface area contributed by atoms with E-state index in [1.54, 1.807) is 6.07 Å². The number of halogens is 1. The monoisotopic (exact) mass is 437 g/mol. The Kier molecular flexibility index (Phi) is 4.83. The van der Waals surface area contributed by atoms with E-state index in [2.05, 4.69) is 31.1 Å². The summed E-state index contributed by atoms with van der Waals surface area (Å²) in [4.78, 5) is 15.0. The number of azo groups is 1. The number of aromatic hydroxyl groups is 1. The number of rotatable bonds is 4. The molecule has 140 valence electrons. The Morgan fingerprint density at radius 2 is 1.93 bits per heavy atom. The van der Waals surface area contributed by atoms with Gasteiger partial charge in [-0.1, -0.05) is 36.4 Å². The molecule has 0 aliphatic carbocycles. The second kappa shape index (κ2) is 7.44. The number of aromatic nitrogens is 1. The van der Waals surface area contributed by atoms with Crippen LogP contribution in [0.4, 0.5) is 5.69 Å². The lowest BCUT2D eigenvalue weighted by molar-refractivity contribution is -0.120. The highest BCUT2D eigenvalue weighted by Crippen LogP contribution is 2.39. The molecule has 1 amide bonds. The number of nitrogens with zero attached hydrogens (tertiary/aromatic N) is 2. The van der Waals surface area contributed by atoms with Crippen molar-refractivity contribution in [1.82, 2.24) is 4.98 Å². The smallest absolute Gasteiger partial charge is 0.302 e. The van der Waals surface area contributed by atoms with Crippen molar-refractivity contribution in [2.75, 3.05) is 6.61 Å². The minimum Gasteiger partial charge on any atom is -0.493 e. The molecule has 1 aromatic heterocycles. The van der Waals surface area contributed by atoms with Crippen molar-refractivity contribution in [2.45, 2.75) is 6.92 Å². The Morgan fingerprint density at radius 3 is 2.79 bits per heavy atom. The van der Waals surface area contributed by atoms with Gasteiger partial charge in [0.05, 0.1) is 5.52 Å². The maximum absolute atomic E-state index is 12.1. The molecule has 1 heterocycles. The Bertz CT molecular complexity index is 1230. The average molecular weight is 438 g/mol. The van der Waals surface area contributed by atoms with E-state index in [4.69, 9.17) is 4.74 Å². The maximum Gasteiger partial charge on any atom is 0.302 e. The first-order chi connectivity index (χ1) is 13.5. The lowest BCUT2D eigenvalue weighted by Gasteiger charge is -2.07. The average Bonchev–Trinajstić information content (AvgIpc) is 3.00. The minimum absolute atomic E-state index is 0.146. The van der Waals surface area contributed by atoms with E-state index in [-0.39, 0.29) is 18.2 Å². The predicted octanol–water partition coefficient (Wildman–Crippen LogP) is 5.79. The van der Waals surface area contributed by atoms with Crippen molar-refractivity contribution >= 4 is 49.2 Å². The molecule has 4 rings (SSSR count). The standard InChI is InChI=1S/C21H16BrN3O3/c1-12-9-15-19(16(22)10-12)23-21(27)20(15)25-24-18(26)11-28-17-8-4-6-13-5-2-3-7-14(13)17/h2-10,23,27H,11H2,1H3. The number of amides is 1. The van der Waals surface area contributed by atoms with Gasteiger partial charge in [0.1, 0.15) is 5.75 Å². The van der Waals surface area contributed by atoms with Crippen LogP contribution in [0.15, 0.2) is 69.3 Å². The van der Waals surface area contributed by atoms with Gasteiger partial charge in [0.2, 0.25) is 5.88 Å². The van der Waals surface area contributed by atoms with E-state index in [1.807, 2.05) is 55.5 Å². The van der Waals surface area contributed by atoms with Gasteiger partial charge in [0.15, 0.2) is 12.3 Å². The maximum atomic E-state index is 12.1. The van der Waals surface area contributed by atoms with Crippen molar-refractivity contribution < 1.29 is 14.6 Å². The topological polar surface area (TPSA) is 87.0 Å². The predicted molar refractivity (Wildman–Crippen MR) is 111 cm³/mol. The first kappa shape index (κ1) is 18.2. The number of carbonyl (C=O) groups is 1. The highest BCUT2D eigenvalue weighted by atomic mass is 79.9. The van der Waals surface area contributed by atoms with Crippen LogP contribution in [0.25, 0.3) is 21.7 Å². The number of fused-ring (bicyclic) bond motifs is 2. The third-order valence-electron chi connectivity index (χ3n) is 4.32. The molecule has 0 atom stereocenters. The van der Waals surface area contributed by atoms with Crippen LogP contribution in [0, 0.1) is 6.92 Å². The summed E-state index contributed by atoms with van der Waals surface area (Å²) in [5, 5.41) is 20.4. The molecule has 28 heavy (non-hydrogen) atoms. The van der Waals surface area contributed by atoms with Crippen molar-refractivity contribution in [1.29, 1.82) is 0 Å². The molecule has 0 unspecified atom stereocenters. The van der Waals surface area contributed by atoms with Gasteiger partial charge < -0.3 is 14.8 Å². The Hall–Kier alpha value is -3.19. The summed E-state index contributed by atoms with van der Waals surface area (Å²) < 4.78 is 6.42. The second-order valence-corrected chi connectivity index (χ2v) is 7.21. The number of H-pyrrole nitrogens is 1. The van der Waals surface area contributed by atoms with Crippen LogP contribution in [-0.4, -0.2) is 22.6 Å². The molecular weight excluding hydrogens is 422 g/mol. The van der Waals surface area contributed by atoms with E-state index < -0.39 is 5.91 Å². The van der Waals surface area contributed by atoms with Crippen molar-refractivity contribution in [3.63, 3.8) is 0 Å². The van der Waals surface area contributed by atoms with Crippen LogP contribution in [0.3, 0.4) is 0 Å². The summed E-state index contributed by atoms with van der Waals surface area (Å²) in [6.07, 6.45) is 0. The highest BCUT2D eigenvalue weighted by Gasteiger charge is 2.14. The Labute approximate surface area is 169 Å². The number of nitrogens with one attached hydrogen (secondary N) is 1. The van der Waals surface area contributed by atoms with Crippen LogP contribution in [0.5, 0.6) is 11.6 Å². The quantitative estimate of drug-likeness (QED) is 0.396. The molecule has 7 heteroatoms. The minimum atomic E-state index is -0.548. The number of aryl methyl sites for hydroxylation is 1. The van der Waals surface area contributed by atoms with Gasteiger partial charge in [-0.2, -0.15) is 0 Å². The summed E-state index contributed by atoms with van der Waals surface area (Å²) in [6, 6.07) is 17.2. The summed E-state index contributed by atoms with van der Waals surface area (Å²) in [6.45, 7) is 1.68. The van der Waals surface area contributed by atoms with Crippen LogP contribution >= 0.6 is 15.9 Å². The van der Waals surface area contributed by atoms with Gasteiger partial charge >= 0.3 is 5.91 Å². The fraction of sp³-hybridized carbons (Fsp3) is 0.0952. The number of hydrogen-bond acceptors (Lipinski definition) is 4. The Balaban J connectivity index is 1.53. The Morgan fingerprint density at radius 1 is 1.14 bits per heavy atom. The number of ether oxygens (including phenoxy) is 1. The molecule has 0 spiro atoms. The summed E-state index contributed by atoms with van der Waals surface area (Å²) in [5.74, 6) is -0.0858. The SMILES string of the molecule is Cc1cc(Br)c2[nH]c(O)c(N=NC(=O)COc3cccc4ccccc34)c2c1. The zero-order valence-electron chi connectivity index (χ0n) is 14.9. The van der Waals surface area contributed by atoms with Gasteiger partial charge in [-0.05, 0) is 52.0 Å². The lowest BCUT2D eigenvalue weighted by atomic mass is 10.1. The molecular formula is C21H16BrN3O3. The number of carbonyl (C=O) groups excluding carboxylic acids is 1. The van der Waals surface area contributed by atoms with Crippen LogP contribution in [-0.2, 0) is 4.79 Å². The van der Waals surface area contributed by atoms with Gasteiger partial charge in [0.25, 0.3) is 0 Å². The van der Waals surface area contributed by atoms with E-state index in [0.717, 1.165) is 20.8 Å². The zero-order chi connectivity index (χ0) is 19.7. The van der Waals surface area contributed by atoms with Crippen LogP contribution in [0.1, 0.15) is 5.56 Å². The fourth-order valence-electron chi connectivity index (χ4n) is 3.06. The summed E-state index contributed by atoms with van der Waals surface area (Å²) in [7, 11) is 0. The second-order valence-electron chi connectivity index (χ2n) is 6.35. The van der Waals surface area contributed by atoms with Crippen molar-refractivity contribution in [3.8, 4) is 11.6 Å². The van der Waals surface area contributed by atoms with E-state index in [9.17, 15) is 9.90 Å². The highest BCUT2D eigenvalue weighted by molar-refractivity contribution is 9.10. The van der Waals surface area contributed by atoms with Gasteiger partial charge in [-0.3, -0.25) is 4.79 Å². The number of hydrogen-bond donors (Lipinski definition) is 2. The van der Waals surface area contributed by atoms with Crippen molar-refractivity contribution in [3.05, 3.63) is 64.6 Å². The van der Waals surface area contributed by atoms with Crippen LogP contribution < -0.4 is 4.74 Å². The molecule has 0 fully saturated rings. The molecule has 0 aliphatic heterocycles. The molecule has 0 saturated carbocycles. The molecule has 4 aromatic rings. The number of aromatic amines is 1. The lowest BCUT2D eigenvalue weighted by Crippen LogP contribution is -2.08. The van der Waals surface area contributed by atoms with Crippen molar-refractivity contribution in [2.24, 2.45) is 10.2 Å². The molecule has 0 saturated heterocycles. The van der Waals surface area contributed by atoms with Gasteiger partial charge in [-0.15, -0.1) is 10.2 Å². The fourth-order valence-corrected chi connectivity index (χ4v) is 3.73. The molecule has 0 bridgehead atoms. The molecule has 0 aliphatic rings. The first-order valence-corrected chi connectivity index (χ1v) is 9.38. The largest absolute Gasteiger partial charge is 0.493 e. The molecule has 3 aromatic carbocycles. The number of benzene rings is 3. The summed E-state index contributed by atoms with van der Waals surface area (Å²) in [5.41, 5.74) is 1.90. The van der Waals surface area contributed by atoms with E-state index in [1.165, 1.54) is 0 Å². The summed E-state index contributed by atoms with van der Waals surface area (Å²) >= 11 is 3.44. The van der Waals surface area contributed by atoms with Gasteiger partial charge in [0, 0.05) is 15.2 Å². The third kappa shape index (κ3) is 3.48. The van der Waals surface area contributed by atoms with Gasteiger partial charge in [-0.25, -0.2) is 0 Å². The first-order valence-electron chi connectivity index (χ1n) is 8.59. The molecule has 6 nitrogen and oxygen atoms in total. The van der Waals surface area contributed by atoms with Crippen LogP contribution in [0.2, 0.25) is 0 Å². The normalized spacial score (nSPS) is 11.5. The zero-order valence-corrected chi connectivity index (χ0v) is 16.5. The molecule has 0 radical (unpaired) electrons. The van der Waals surface area contributed by atoms with E-state index in [0.29, 0.717) is 16.7 Å². The molecule has 2 N–H and O–H groups in total.